The summed E-state index contributed by atoms with van der Waals surface area (Å²) in [6, 6.07) is -1.29. The van der Waals surface area contributed by atoms with E-state index in [0.29, 0.717) is 25.7 Å². The Balaban J connectivity index is 5.77. The summed E-state index contributed by atoms with van der Waals surface area (Å²) in [5, 5.41) is 1.93. The quantitative estimate of drug-likeness (QED) is 0.0278. The van der Waals surface area contributed by atoms with Crippen LogP contribution < -0.4 is 5.32 Å². The van der Waals surface area contributed by atoms with Crippen LogP contribution in [0.2, 0.25) is 0 Å². The second kappa shape index (κ2) is 27.7. The van der Waals surface area contributed by atoms with Crippen molar-refractivity contribution >= 4 is 23.8 Å². The Hall–Kier alpha value is -3.36. The van der Waals surface area contributed by atoms with Crippen molar-refractivity contribution in [2.24, 2.45) is 5.92 Å². The Bertz CT molecular complexity index is 1480. The fourth-order valence-corrected chi connectivity index (χ4v) is 6.37. The van der Waals surface area contributed by atoms with Gasteiger partial charge in [-0.25, -0.2) is 0 Å². The van der Waals surface area contributed by atoms with Crippen molar-refractivity contribution in [3.63, 3.8) is 0 Å². The average molecular weight is 1020 g/mol. The van der Waals surface area contributed by atoms with Gasteiger partial charge in [0.2, 0.25) is 5.91 Å². The predicted octanol–water partition coefficient (Wildman–Crippen LogP) is 9.53. The number of esters is 3. The van der Waals surface area contributed by atoms with Crippen LogP contribution in [0.15, 0.2) is 0 Å². The fraction of sp³-hybridized carbons (Fsp3) is 0.900. The summed E-state index contributed by atoms with van der Waals surface area (Å²) in [7, 11) is 2.98. The molecule has 0 unspecified atom stereocenters. The molecule has 11 nitrogen and oxygen atoms in total. The Morgan fingerprint density at radius 3 is 1.30 bits per heavy atom. The van der Waals surface area contributed by atoms with Gasteiger partial charge in [-0.3, -0.25) is 24.1 Å². The second-order valence-electron chi connectivity index (χ2n) is 15.7. The number of hydrogen-bond acceptors (Lipinski definition) is 10. The highest BCUT2D eigenvalue weighted by Crippen LogP contribution is 2.63. The number of methoxy groups -OCH3 is 3. The van der Waals surface area contributed by atoms with Gasteiger partial charge in [0.15, 0.2) is 0 Å². The standard InChI is InChI=1S/C40H60F16N2O9/c1-6-8-10-12-16-27(17-13-11-9-7-2)19-21-66-25-33(41,42)35(45,46)37(49,50)39(53,54)40(55,56)38(51,52)36(47,48)34(43,44)26-67-24-29(59)57-20-15-14-18-28(32(62)65-5)58(22-30(60)63-3)23-31(61)64-4/h27-28H,6-26H2,1-5H3,(H,57,59)/t28-/m0/s1. The highest BCUT2D eigenvalue weighted by atomic mass is 19.4. The zero-order chi connectivity index (χ0) is 52.1. The molecule has 0 fully saturated rings. The number of rotatable bonds is 37. The molecule has 0 aromatic heterocycles. The molecular weight excluding hydrogens is 956 g/mol. The SMILES string of the molecule is CCCCCCC(CCCCCC)CCOCC(F)(F)C(F)(F)C(F)(F)C(F)(F)C(F)(F)C(F)(F)C(F)(F)C(F)(F)COCC(=O)NCCCC[C@@H](C(=O)OC)N(CC(=O)OC)CC(=O)OC. The van der Waals surface area contributed by atoms with Crippen molar-refractivity contribution < 1.29 is 113 Å². The normalized spacial score (nSPS) is 14.1. The topological polar surface area (TPSA) is 130 Å². The van der Waals surface area contributed by atoms with E-state index < -0.39 is 123 Å². The van der Waals surface area contributed by atoms with E-state index in [4.69, 9.17) is 0 Å². The zero-order valence-corrected chi connectivity index (χ0v) is 37.7. The predicted molar refractivity (Wildman–Crippen MR) is 205 cm³/mol. The van der Waals surface area contributed by atoms with Crippen molar-refractivity contribution in [2.45, 2.75) is 157 Å². The lowest BCUT2D eigenvalue weighted by atomic mass is 9.87. The van der Waals surface area contributed by atoms with Crippen LogP contribution in [-0.2, 0) is 42.9 Å². The molecule has 0 aromatic carbocycles. The Morgan fingerprint density at radius 2 is 0.896 bits per heavy atom. The Kier molecular flexibility index (Phi) is 26.3. The lowest BCUT2D eigenvalue weighted by molar-refractivity contribution is -0.455. The highest BCUT2D eigenvalue weighted by molar-refractivity contribution is 5.80. The molecular formula is C40H60F16N2O9. The summed E-state index contributed by atoms with van der Waals surface area (Å²) in [4.78, 5) is 49.0. The van der Waals surface area contributed by atoms with Crippen molar-refractivity contribution in [1.82, 2.24) is 10.2 Å². The molecule has 0 bridgehead atoms. The van der Waals surface area contributed by atoms with Crippen molar-refractivity contribution in [3.05, 3.63) is 0 Å². The number of halogens is 16. The van der Waals surface area contributed by atoms with Crippen LogP contribution in [-0.4, -0.2) is 150 Å². The van der Waals surface area contributed by atoms with Crippen molar-refractivity contribution in [3.8, 4) is 0 Å². The first-order valence-corrected chi connectivity index (χ1v) is 21.2. The molecule has 1 N–H and O–H groups in total. The van der Waals surface area contributed by atoms with Crippen LogP contribution in [0, 0.1) is 5.92 Å². The number of nitrogens with one attached hydrogen (secondary N) is 1. The summed E-state index contributed by atoms with van der Waals surface area (Å²) in [6.45, 7) is -6.50. The molecule has 0 heterocycles. The second-order valence-corrected chi connectivity index (χ2v) is 15.7. The lowest BCUT2D eigenvalue weighted by Gasteiger charge is -2.43. The molecule has 0 aliphatic carbocycles. The third kappa shape index (κ3) is 16.9. The van der Waals surface area contributed by atoms with E-state index in [1.807, 2.05) is 19.2 Å². The summed E-state index contributed by atoms with van der Waals surface area (Å²) < 4.78 is 253. The summed E-state index contributed by atoms with van der Waals surface area (Å²) in [6.07, 6.45) is 6.81. The number of alkyl halides is 16. The largest absolute Gasteiger partial charge is 0.468 e. The number of nitrogens with zero attached hydrogens (tertiary/aromatic N) is 1. The molecule has 67 heavy (non-hydrogen) atoms. The number of ether oxygens (including phenoxy) is 5. The first-order chi connectivity index (χ1) is 30.8. The zero-order valence-electron chi connectivity index (χ0n) is 37.7. The van der Waals surface area contributed by atoms with Gasteiger partial charge in [-0.2, -0.15) is 70.2 Å². The fourth-order valence-electron chi connectivity index (χ4n) is 6.37. The number of unbranched alkanes of at least 4 members (excludes halogenated alkanes) is 7. The van der Waals surface area contributed by atoms with Crippen LogP contribution in [0.3, 0.4) is 0 Å². The molecule has 0 aliphatic rings. The Morgan fingerprint density at radius 1 is 0.493 bits per heavy atom. The van der Waals surface area contributed by atoms with Gasteiger partial charge < -0.3 is 29.0 Å². The van der Waals surface area contributed by atoms with E-state index >= 15 is 0 Å². The summed E-state index contributed by atoms with van der Waals surface area (Å²) in [5.74, 6) is -67.4. The van der Waals surface area contributed by atoms with Gasteiger partial charge in [0.1, 0.15) is 25.9 Å². The molecule has 0 saturated heterocycles. The van der Waals surface area contributed by atoms with E-state index in [1.165, 1.54) is 0 Å². The van der Waals surface area contributed by atoms with Crippen molar-refractivity contribution in [2.75, 3.05) is 67.4 Å². The van der Waals surface area contributed by atoms with Gasteiger partial charge in [0.05, 0.1) is 34.4 Å². The number of hydrogen-bond donors (Lipinski definition) is 1. The average Bonchev–Trinajstić information content (AvgIpc) is 3.24. The van der Waals surface area contributed by atoms with Gasteiger partial charge in [-0.05, 0) is 31.6 Å². The third-order valence-corrected chi connectivity index (χ3v) is 10.6. The molecule has 0 rings (SSSR count). The minimum atomic E-state index is -8.63. The molecule has 1 amide bonds. The monoisotopic (exact) mass is 1020 g/mol. The van der Waals surface area contributed by atoms with E-state index in [1.54, 1.807) is 0 Å². The minimum absolute atomic E-state index is 0.0482. The van der Waals surface area contributed by atoms with Gasteiger partial charge in [0, 0.05) is 13.2 Å². The van der Waals surface area contributed by atoms with E-state index in [2.05, 4.69) is 23.7 Å². The van der Waals surface area contributed by atoms with E-state index in [0.717, 1.165) is 64.8 Å². The van der Waals surface area contributed by atoms with E-state index in [9.17, 15) is 89.4 Å². The number of carbonyl (C=O) groups is 4. The maximum absolute atomic E-state index is 14.5. The molecule has 0 spiro atoms. The highest BCUT2D eigenvalue weighted by Gasteiger charge is 2.94. The lowest BCUT2D eigenvalue weighted by Crippen LogP contribution is -2.75. The first kappa shape index (κ1) is 63.6. The van der Waals surface area contributed by atoms with Crippen LogP contribution in [0.5, 0.6) is 0 Å². The number of amides is 1. The van der Waals surface area contributed by atoms with Crippen LogP contribution >= 0.6 is 0 Å². The van der Waals surface area contributed by atoms with Gasteiger partial charge >= 0.3 is 65.3 Å². The van der Waals surface area contributed by atoms with Crippen molar-refractivity contribution in [1.29, 1.82) is 0 Å². The molecule has 396 valence electrons. The summed E-state index contributed by atoms with van der Waals surface area (Å²) >= 11 is 0. The molecule has 0 aromatic rings. The maximum atomic E-state index is 14.5. The van der Waals surface area contributed by atoms with E-state index in [-0.39, 0.29) is 31.6 Å². The van der Waals surface area contributed by atoms with Gasteiger partial charge in [-0.1, -0.05) is 78.1 Å². The smallest absolute Gasteiger partial charge is 0.385 e. The molecule has 27 heteroatoms. The Labute approximate surface area is 377 Å². The molecule has 0 aliphatic heterocycles. The third-order valence-electron chi connectivity index (χ3n) is 10.6. The maximum Gasteiger partial charge on any atom is 0.385 e. The molecule has 0 radical (unpaired) electrons. The molecule has 1 atom stereocenters. The molecule has 0 saturated carbocycles. The van der Waals surface area contributed by atoms with Gasteiger partial charge in [0.25, 0.3) is 0 Å². The van der Waals surface area contributed by atoms with Crippen LogP contribution in [0.25, 0.3) is 0 Å². The minimum Gasteiger partial charge on any atom is -0.468 e. The van der Waals surface area contributed by atoms with Crippen LogP contribution in [0.1, 0.15) is 104 Å². The van der Waals surface area contributed by atoms with Gasteiger partial charge in [-0.15, -0.1) is 0 Å². The summed E-state index contributed by atoms with van der Waals surface area (Å²) in [5.41, 5.74) is 0. The first-order valence-electron chi connectivity index (χ1n) is 21.2. The number of carbonyl (C=O) groups excluding carboxylic acids is 4. The van der Waals surface area contributed by atoms with Crippen LogP contribution in [0.4, 0.5) is 70.2 Å².